The number of carbonyl (C=O) groups is 1. The number of nitrogens with one attached hydrogen (secondary N) is 2. The highest BCUT2D eigenvalue weighted by Crippen LogP contribution is 2.12. The summed E-state index contributed by atoms with van der Waals surface area (Å²) >= 11 is 0. The second-order valence-electron chi connectivity index (χ2n) is 5.76. The molecule has 1 amide bonds. The summed E-state index contributed by atoms with van der Waals surface area (Å²) < 4.78 is 7.10. The van der Waals surface area contributed by atoms with Crippen molar-refractivity contribution < 1.29 is 9.53 Å². The van der Waals surface area contributed by atoms with Crippen LogP contribution in [0.3, 0.4) is 0 Å². The van der Waals surface area contributed by atoms with Crippen LogP contribution >= 0.6 is 0 Å². The number of hydrogen-bond donors (Lipinski definition) is 2. The minimum atomic E-state index is -0.301. The molecular formula is C18H19N5O3. The van der Waals surface area contributed by atoms with Crippen molar-refractivity contribution in [2.24, 2.45) is 0 Å². The normalized spacial score (nSPS) is 10.5. The maximum atomic E-state index is 12.3. The van der Waals surface area contributed by atoms with Crippen molar-refractivity contribution in [3.05, 3.63) is 69.8 Å². The van der Waals surface area contributed by atoms with Crippen molar-refractivity contribution in [2.45, 2.75) is 13.8 Å². The number of H-pyrrole nitrogens is 1. The molecule has 0 radical (unpaired) electrons. The molecule has 26 heavy (non-hydrogen) atoms. The van der Waals surface area contributed by atoms with E-state index < -0.39 is 0 Å². The molecule has 0 unspecified atom stereocenters. The van der Waals surface area contributed by atoms with Gasteiger partial charge in [0.2, 0.25) is 0 Å². The fraction of sp³-hybridized carbons (Fsp3) is 0.222. The minimum absolute atomic E-state index is 0.244. The molecule has 0 fully saturated rings. The quantitative estimate of drug-likeness (QED) is 0.652. The smallest absolute Gasteiger partial charge is 0.264 e. The molecule has 0 aliphatic rings. The lowest BCUT2D eigenvalue weighted by Crippen LogP contribution is -2.28. The summed E-state index contributed by atoms with van der Waals surface area (Å²) in [6.45, 7) is 4.49. The number of aromatic amines is 1. The summed E-state index contributed by atoms with van der Waals surface area (Å²) in [6, 6.07) is 10.6. The summed E-state index contributed by atoms with van der Waals surface area (Å²) in [6.07, 6.45) is 1.47. The van der Waals surface area contributed by atoms with Crippen LogP contribution in [0.1, 0.15) is 21.6 Å². The Morgan fingerprint density at radius 3 is 2.85 bits per heavy atom. The number of amides is 1. The van der Waals surface area contributed by atoms with E-state index in [-0.39, 0.29) is 11.5 Å². The predicted octanol–water partition coefficient (Wildman–Crippen LogP) is 1.38. The summed E-state index contributed by atoms with van der Waals surface area (Å²) in [7, 11) is 0. The molecule has 2 aromatic heterocycles. The highest BCUT2D eigenvalue weighted by Gasteiger charge is 2.15. The molecule has 0 spiro atoms. The van der Waals surface area contributed by atoms with E-state index in [4.69, 9.17) is 4.74 Å². The van der Waals surface area contributed by atoms with Gasteiger partial charge in [-0.1, -0.05) is 12.1 Å². The van der Waals surface area contributed by atoms with E-state index in [1.54, 1.807) is 6.92 Å². The number of carbonyl (C=O) groups excluding carboxylic acids is 1. The van der Waals surface area contributed by atoms with Gasteiger partial charge >= 0.3 is 0 Å². The maximum absolute atomic E-state index is 12.3. The Morgan fingerprint density at radius 2 is 2.12 bits per heavy atom. The van der Waals surface area contributed by atoms with Crippen LogP contribution < -0.4 is 15.6 Å². The Morgan fingerprint density at radius 1 is 1.27 bits per heavy atom. The maximum Gasteiger partial charge on any atom is 0.264 e. The predicted molar refractivity (Wildman–Crippen MR) is 95.7 cm³/mol. The summed E-state index contributed by atoms with van der Waals surface area (Å²) in [5.41, 5.74) is 1.88. The molecule has 134 valence electrons. The molecule has 0 bridgehead atoms. The molecule has 0 atom stereocenters. The zero-order valence-corrected chi connectivity index (χ0v) is 14.5. The molecule has 2 N–H and O–H groups in total. The van der Waals surface area contributed by atoms with E-state index in [9.17, 15) is 9.59 Å². The van der Waals surface area contributed by atoms with Gasteiger partial charge in [0.15, 0.2) is 5.82 Å². The number of rotatable bonds is 6. The molecule has 3 rings (SSSR count). The van der Waals surface area contributed by atoms with Crippen LogP contribution in [0.5, 0.6) is 5.75 Å². The zero-order valence-electron chi connectivity index (χ0n) is 14.5. The molecule has 0 saturated heterocycles. The van der Waals surface area contributed by atoms with Gasteiger partial charge in [-0.25, -0.2) is 9.78 Å². The lowest BCUT2D eigenvalue weighted by Gasteiger charge is -2.08. The number of ether oxygens (including phenoxy) is 1. The standard InChI is InChI=1S/C18H19N5O3/c1-12-4-3-5-14(10-12)26-9-8-19-18(25)15-11-20-23(13(15)2)16-6-7-17(24)22-21-16/h3-7,10-11H,8-9H2,1-2H3,(H,19,25)(H,22,24). The van der Waals surface area contributed by atoms with E-state index in [0.29, 0.717) is 30.2 Å². The molecule has 8 nitrogen and oxygen atoms in total. The van der Waals surface area contributed by atoms with Gasteiger partial charge in [-0.05, 0) is 37.6 Å². The van der Waals surface area contributed by atoms with Crippen molar-refractivity contribution in [3.63, 3.8) is 0 Å². The number of benzene rings is 1. The van der Waals surface area contributed by atoms with Gasteiger partial charge in [0.25, 0.3) is 11.5 Å². The number of aromatic nitrogens is 4. The SMILES string of the molecule is Cc1cccc(OCCNC(=O)c2cnn(-c3ccc(=O)[nH]n3)c2C)c1. The third kappa shape index (κ3) is 3.97. The summed E-state index contributed by atoms with van der Waals surface area (Å²) in [5.74, 6) is 0.961. The van der Waals surface area contributed by atoms with Crippen molar-refractivity contribution in [3.8, 4) is 11.6 Å². The van der Waals surface area contributed by atoms with Gasteiger partial charge < -0.3 is 10.1 Å². The largest absolute Gasteiger partial charge is 0.492 e. The zero-order chi connectivity index (χ0) is 18.5. The Kier molecular flexibility index (Phi) is 5.12. The summed E-state index contributed by atoms with van der Waals surface area (Å²) in [4.78, 5) is 23.4. The molecule has 1 aromatic carbocycles. The molecule has 0 aliphatic carbocycles. The van der Waals surface area contributed by atoms with Crippen LogP contribution in [0.2, 0.25) is 0 Å². The fourth-order valence-corrected chi connectivity index (χ4v) is 2.45. The first-order chi connectivity index (χ1) is 12.5. The van der Waals surface area contributed by atoms with E-state index in [1.165, 1.54) is 23.0 Å². The average molecular weight is 353 g/mol. The molecule has 0 aliphatic heterocycles. The van der Waals surface area contributed by atoms with Crippen LogP contribution in [0, 0.1) is 13.8 Å². The van der Waals surface area contributed by atoms with Gasteiger partial charge in [-0.2, -0.15) is 10.2 Å². The molecule has 2 heterocycles. The van der Waals surface area contributed by atoms with Gasteiger partial charge in [0, 0.05) is 6.07 Å². The van der Waals surface area contributed by atoms with Crippen molar-refractivity contribution in [1.29, 1.82) is 0 Å². The lowest BCUT2D eigenvalue weighted by molar-refractivity contribution is 0.0946. The first-order valence-corrected chi connectivity index (χ1v) is 8.13. The Labute approximate surface area is 149 Å². The average Bonchev–Trinajstić information content (AvgIpc) is 3.01. The van der Waals surface area contributed by atoms with Gasteiger partial charge in [0.1, 0.15) is 12.4 Å². The van der Waals surface area contributed by atoms with Gasteiger partial charge in [-0.15, -0.1) is 0 Å². The highest BCUT2D eigenvalue weighted by atomic mass is 16.5. The lowest BCUT2D eigenvalue weighted by atomic mass is 10.2. The Balaban J connectivity index is 1.58. The Bertz CT molecular complexity index is 956. The molecule has 0 saturated carbocycles. The number of nitrogens with zero attached hydrogens (tertiary/aromatic N) is 3. The first-order valence-electron chi connectivity index (χ1n) is 8.13. The van der Waals surface area contributed by atoms with Gasteiger partial charge in [-0.3, -0.25) is 9.59 Å². The summed E-state index contributed by atoms with van der Waals surface area (Å²) in [5, 5.41) is 13.2. The van der Waals surface area contributed by atoms with E-state index in [0.717, 1.165) is 11.3 Å². The van der Waals surface area contributed by atoms with Crippen molar-refractivity contribution in [1.82, 2.24) is 25.3 Å². The van der Waals surface area contributed by atoms with Crippen LogP contribution in [-0.2, 0) is 0 Å². The van der Waals surface area contributed by atoms with Crippen LogP contribution in [0.4, 0.5) is 0 Å². The van der Waals surface area contributed by atoms with Crippen molar-refractivity contribution >= 4 is 5.91 Å². The molecule has 8 heteroatoms. The van der Waals surface area contributed by atoms with E-state index in [2.05, 4.69) is 20.6 Å². The van der Waals surface area contributed by atoms with Gasteiger partial charge in [0.05, 0.1) is 24.0 Å². The van der Waals surface area contributed by atoms with Crippen LogP contribution in [0.25, 0.3) is 5.82 Å². The monoisotopic (exact) mass is 353 g/mol. The minimum Gasteiger partial charge on any atom is -0.492 e. The third-order valence-electron chi connectivity index (χ3n) is 3.78. The molecule has 3 aromatic rings. The first kappa shape index (κ1) is 17.4. The van der Waals surface area contributed by atoms with Crippen molar-refractivity contribution in [2.75, 3.05) is 13.2 Å². The number of aryl methyl sites for hydroxylation is 1. The topological polar surface area (TPSA) is 102 Å². The Hall–Kier alpha value is -3.42. The third-order valence-corrected chi connectivity index (χ3v) is 3.78. The second kappa shape index (κ2) is 7.64. The fourth-order valence-electron chi connectivity index (χ4n) is 2.45. The number of hydrogen-bond acceptors (Lipinski definition) is 5. The highest BCUT2D eigenvalue weighted by molar-refractivity contribution is 5.95. The van der Waals surface area contributed by atoms with E-state index in [1.807, 2.05) is 31.2 Å². The second-order valence-corrected chi connectivity index (χ2v) is 5.76. The van der Waals surface area contributed by atoms with E-state index >= 15 is 0 Å². The van der Waals surface area contributed by atoms with Crippen LogP contribution in [0.15, 0.2) is 47.4 Å². The van der Waals surface area contributed by atoms with Crippen LogP contribution in [-0.4, -0.2) is 39.0 Å². The molecular weight excluding hydrogens is 334 g/mol.